The zero-order valence-corrected chi connectivity index (χ0v) is 10.4. The number of halogens is 2. The van der Waals surface area contributed by atoms with Crippen LogP contribution in [0.4, 0.5) is 14.5 Å². The van der Waals surface area contributed by atoms with Crippen LogP contribution in [-0.2, 0) is 0 Å². The van der Waals surface area contributed by atoms with Crippen LogP contribution in [0.15, 0.2) is 54.7 Å². The molecule has 0 aliphatic carbocycles. The Balaban J connectivity index is 2.13. The van der Waals surface area contributed by atoms with Gasteiger partial charge in [-0.1, -0.05) is 24.3 Å². The molecule has 0 aliphatic heterocycles. The Morgan fingerprint density at radius 2 is 1.55 bits per heavy atom. The molecular formula is C15H11F2N3. The lowest BCUT2D eigenvalue weighted by Crippen LogP contribution is -1.98. The van der Waals surface area contributed by atoms with Crippen molar-refractivity contribution in [2.24, 2.45) is 0 Å². The molecule has 0 radical (unpaired) electrons. The average Bonchev–Trinajstić information content (AvgIpc) is 2.81. The highest BCUT2D eigenvalue weighted by Crippen LogP contribution is 2.27. The molecule has 0 aliphatic rings. The summed E-state index contributed by atoms with van der Waals surface area (Å²) in [6, 6.07) is 12.4. The molecule has 5 heteroatoms. The van der Waals surface area contributed by atoms with E-state index >= 15 is 0 Å². The lowest BCUT2D eigenvalue weighted by molar-refractivity contribution is 0.610. The van der Waals surface area contributed by atoms with Gasteiger partial charge in [0.15, 0.2) is 0 Å². The third-order valence-corrected chi connectivity index (χ3v) is 2.97. The van der Waals surface area contributed by atoms with Crippen molar-refractivity contribution in [1.29, 1.82) is 0 Å². The maximum atomic E-state index is 13.8. The maximum Gasteiger partial charge on any atom is 0.148 e. The second-order valence-corrected chi connectivity index (χ2v) is 4.31. The van der Waals surface area contributed by atoms with Crippen molar-refractivity contribution in [2.45, 2.75) is 0 Å². The molecule has 0 unspecified atom stereocenters. The van der Waals surface area contributed by atoms with Gasteiger partial charge in [-0.25, -0.2) is 13.5 Å². The summed E-state index contributed by atoms with van der Waals surface area (Å²) in [6.45, 7) is 0. The number of para-hydroxylation sites is 1. The molecule has 0 fully saturated rings. The van der Waals surface area contributed by atoms with E-state index in [1.165, 1.54) is 23.0 Å². The van der Waals surface area contributed by atoms with Crippen molar-refractivity contribution >= 4 is 5.69 Å². The molecule has 0 amide bonds. The maximum absolute atomic E-state index is 13.8. The molecular weight excluding hydrogens is 260 g/mol. The van der Waals surface area contributed by atoms with Gasteiger partial charge < -0.3 is 5.73 Å². The Bertz CT molecular complexity index is 765. The number of benzene rings is 2. The van der Waals surface area contributed by atoms with Gasteiger partial charge in [-0.05, 0) is 24.3 Å². The lowest BCUT2D eigenvalue weighted by Gasteiger charge is -2.02. The third-order valence-electron chi connectivity index (χ3n) is 2.97. The van der Waals surface area contributed by atoms with Gasteiger partial charge in [0.25, 0.3) is 0 Å². The molecule has 3 nitrogen and oxygen atoms in total. The fraction of sp³-hybridized carbons (Fsp3) is 0. The molecule has 2 aromatic carbocycles. The SMILES string of the molecule is Nc1cn(-c2ccccc2F)nc1-c1ccccc1F. The second kappa shape index (κ2) is 4.77. The summed E-state index contributed by atoms with van der Waals surface area (Å²) in [6.07, 6.45) is 1.47. The summed E-state index contributed by atoms with van der Waals surface area (Å²) in [5, 5.41) is 4.18. The topological polar surface area (TPSA) is 43.8 Å². The Morgan fingerprint density at radius 1 is 0.900 bits per heavy atom. The first-order valence-corrected chi connectivity index (χ1v) is 6.02. The first-order chi connectivity index (χ1) is 9.66. The van der Waals surface area contributed by atoms with Crippen LogP contribution in [0.5, 0.6) is 0 Å². The highest BCUT2D eigenvalue weighted by molar-refractivity contribution is 5.72. The number of anilines is 1. The number of nitrogens with two attached hydrogens (primary N) is 1. The van der Waals surface area contributed by atoms with Gasteiger partial charge in [0.05, 0.1) is 11.9 Å². The van der Waals surface area contributed by atoms with E-state index in [9.17, 15) is 8.78 Å². The molecule has 3 rings (SSSR count). The van der Waals surface area contributed by atoms with Crippen LogP contribution >= 0.6 is 0 Å². The van der Waals surface area contributed by atoms with Crippen LogP contribution in [0.1, 0.15) is 0 Å². The molecule has 100 valence electrons. The van der Waals surface area contributed by atoms with Crippen molar-refractivity contribution in [1.82, 2.24) is 9.78 Å². The van der Waals surface area contributed by atoms with E-state index in [1.54, 1.807) is 36.4 Å². The van der Waals surface area contributed by atoms with Crippen LogP contribution < -0.4 is 5.73 Å². The predicted octanol–water partition coefficient (Wildman–Crippen LogP) is 3.40. The molecule has 0 spiro atoms. The summed E-state index contributed by atoms with van der Waals surface area (Å²) in [4.78, 5) is 0. The first-order valence-electron chi connectivity index (χ1n) is 6.02. The normalized spacial score (nSPS) is 10.7. The molecule has 20 heavy (non-hydrogen) atoms. The predicted molar refractivity (Wildman–Crippen MR) is 73.3 cm³/mol. The number of nitrogen functional groups attached to an aromatic ring is 1. The van der Waals surface area contributed by atoms with Gasteiger partial charge in [-0.15, -0.1) is 0 Å². The van der Waals surface area contributed by atoms with E-state index in [0.29, 0.717) is 16.9 Å². The van der Waals surface area contributed by atoms with Crippen molar-refractivity contribution in [3.05, 3.63) is 66.4 Å². The van der Waals surface area contributed by atoms with Gasteiger partial charge in [-0.2, -0.15) is 5.10 Å². The van der Waals surface area contributed by atoms with E-state index in [-0.39, 0.29) is 5.69 Å². The average molecular weight is 271 g/mol. The molecule has 0 bridgehead atoms. The Kier molecular flexibility index (Phi) is 2.95. The molecule has 3 aromatic rings. The van der Waals surface area contributed by atoms with Gasteiger partial charge in [-0.3, -0.25) is 0 Å². The molecule has 1 aromatic heterocycles. The smallest absolute Gasteiger partial charge is 0.148 e. The van der Waals surface area contributed by atoms with E-state index in [0.717, 1.165) is 0 Å². The lowest BCUT2D eigenvalue weighted by atomic mass is 10.1. The van der Waals surface area contributed by atoms with Crippen molar-refractivity contribution < 1.29 is 8.78 Å². The molecule has 0 saturated carbocycles. The van der Waals surface area contributed by atoms with Crippen LogP contribution in [0.25, 0.3) is 16.9 Å². The Labute approximate surface area is 114 Å². The summed E-state index contributed by atoms with van der Waals surface area (Å²) < 4.78 is 28.8. The Morgan fingerprint density at radius 3 is 2.25 bits per heavy atom. The largest absolute Gasteiger partial charge is 0.396 e. The van der Waals surface area contributed by atoms with Crippen LogP contribution in [0, 0.1) is 11.6 Å². The van der Waals surface area contributed by atoms with Crippen LogP contribution in [-0.4, -0.2) is 9.78 Å². The summed E-state index contributed by atoms with van der Waals surface area (Å²) in [7, 11) is 0. The number of rotatable bonds is 2. The zero-order valence-electron chi connectivity index (χ0n) is 10.4. The van der Waals surface area contributed by atoms with Crippen LogP contribution in [0.3, 0.4) is 0 Å². The summed E-state index contributed by atoms with van der Waals surface area (Å²) >= 11 is 0. The monoisotopic (exact) mass is 271 g/mol. The quantitative estimate of drug-likeness (QED) is 0.776. The highest BCUT2D eigenvalue weighted by atomic mass is 19.1. The van der Waals surface area contributed by atoms with Gasteiger partial charge in [0, 0.05) is 5.56 Å². The minimum absolute atomic E-state index is 0.266. The molecule has 2 N–H and O–H groups in total. The number of hydrogen-bond acceptors (Lipinski definition) is 2. The van der Waals surface area contributed by atoms with Crippen molar-refractivity contribution in [3.8, 4) is 16.9 Å². The van der Waals surface area contributed by atoms with Gasteiger partial charge in [0.1, 0.15) is 23.0 Å². The minimum Gasteiger partial charge on any atom is -0.396 e. The van der Waals surface area contributed by atoms with E-state index < -0.39 is 11.6 Å². The minimum atomic E-state index is -0.421. The number of nitrogens with zero attached hydrogens (tertiary/aromatic N) is 2. The Hall–Kier alpha value is -2.69. The van der Waals surface area contributed by atoms with E-state index in [2.05, 4.69) is 5.10 Å². The highest BCUT2D eigenvalue weighted by Gasteiger charge is 2.14. The van der Waals surface area contributed by atoms with E-state index in [1.807, 2.05) is 0 Å². The standard InChI is InChI=1S/C15H11F2N3/c16-11-6-2-1-5-10(11)15-13(18)9-20(19-15)14-8-4-3-7-12(14)17/h1-9H,18H2. The van der Waals surface area contributed by atoms with Crippen molar-refractivity contribution in [3.63, 3.8) is 0 Å². The number of aromatic nitrogens is 2. The van der Waals surface area contributed by atoms with Crippen LogP contribution in [0.2, 0.25) is 0 Å². The fourth-order valence-electron chi connectivity index (χ4n) is 2.01. The van der Waals surface area contributed by atoms with Gasteiger partial charge >= 0.3 is 0 Å². The molecule has 1 heterocycles. The first kappa shape index (κ1) is 12.3. The fourth-order valence-corrected chi connectivity index (χ4v) is 2.01. The molecule has 0 saturated heterocycles. The summed E-state index contributed by atoms with van der Waals surface area (Å²) in [5.41, 5.74) is 7.00. The van der Waals surface area contributed by atoms with E-state index in [4.69, 9.17) is 5.73 Å². The van der Waals surface area contributed by atoms with Crippen molar-refractivity contribution in [2.75, 3.05) is 5.73 Å². The third kappa shape index (κ3) is 2.03. The van der Waals surface area contributed by atoms with Gasteiger partial charge in [0.2, 0.25) is 0 Å². The zero-order chi connectivity index (χ0) is 14.1. The molecule has 0 atom stereocenters. The second-order valence-electron chi connectivity index (χ2n) is 4.31. The number of hydrogen-bond donors (Lipinski definition) is 1. The summed E-state index contributed by atoms with van der Waals surface area (Å²) in [5.74, 6) is -0.840.